The summed E-state index contributed by atoms with van der Waals surface area (Å²) in [5, 5.41) is 231. The van der Waals surface area contributed by atoms with Gasteiger partial charge in [-0.15, -0.1) is 5.10 Å². The fourth-order valence-electron chi connectivity index (χ4n) is 22.7. The molecule has 0 radical (unpaired) electrons. The van der Waals surface area contributed by atoms with Gasteiger partial charge in [0.2, 0.25) is 5.91 Å². The molecule has 728 valence electrons. The minimum Gasteiger partial charge on any atom is -0.463 e. The Bertz CT molecular complexity index is 3960. The van der Waals surface area contributed by atoms with Crippen LogP contribution in [0, 0.1) is 50.2 Å². The monoisotopic (exact) mass is 1840 g/mol. The molecule has 1 aromatic rings. The van der Waals surface area contributed by atoms with Gasteiger partial charge in [0.25, 0.3) is 0 Å². The molecule has 0 spiro atoms. The molecular formula is C83H130N4O41. The van der Waals surface area contributed by atoms with Crippen molar-refractivity contribution in [3.05, 3.63) is 23.5 Å². The van der Waals surface area contributed by atoms with Crippen LogP contribution in [0.25, 0.3) is 0 Å². The van der Waals surface area contributed by atoms with Crippen molar-refractivity contribution in [2.45, 2.75) is 354 Å². The van der Waals surface area contributed by atoms with Gasteiger partial charge in [0.15, 0.2) is 49.8 Å². The maximum absolute atomic E-state index is 14.9. The van der Waals surface area contributed by atoms with Crippen LogP contribution in [0.4, 0.5) is 0 Å². The molecule has 21 aliphatic heterocycles. The van der Waals surface area contributed by atoms with Gasteiger partial charge in [-0.2, -0.15) is 0 Å². The zero-order valence-corrected chi connectivity index (χ0v) is 72.8. The molecule has 45 nitrogen and oxygen atoms in total. The number of aliphatic hydroxyl groups excluding tert-OH is 19. The van der Waals surface area contributed by atoms with Crippen molar-refractivity contribution in [1.29, 1.82) is 0 Å². The van der Waals surface area contributed by atoms with Gasteiger partial charge in [0, 0.05) is 31.7 Å². The lowest BCUT2D eigenvalue weighted by Gasteiger charge is -2.70. The van der Waals surface area contributed by atoms with Gasteiger partial charge in [0.1, 0.15) is 190 Å². The number of rotatable bonds is 19. The summed E-state index contributed by atoms with van der Waals surface area (Å²) in [7, 11) is 0. The van der Waals surface area contributed by atoms with Crippen LogP contribution in [0.5, 0.6) is 0 Å². The van der Waals surface area contributed by atoms with Crippen molar-refractivity contribution in [3.8, 4) is 0 Å². The zero-order valence-electron chi connectivity index (χ0n) is 72.8. The molecule has 22 heterocycles. The third-order valence-corrected chi connectivity index (χ3v) is 30.4. The molecular weight excluding hydrogens is 1710 g/mol. The Balaban J connectivity index is 0.667. The van der Waals surface area contributed by atoms with Crippen LogP contribution in [-0.4, -0.2) is 423 Å². The van der Waals surface area contributed by atoms with Crippen LogP contribution in [0.3, 0.4) is 0 Å². The molecule has 5 aliphatic carbocycles. The average Bonchev–Trinajstić information content (AvgIpc) is 0.671. The van der Waals surface area contributed by atoms with E-state index in [0.717, 1.165) is 52.4 Å². The summed E-state index contributed by atoms with van der Waals surface area (Å²) in [6.07, 6.45) is -62.7. The third-order valence-electron chi connectivity index (χ3n) is 30.4. The lowest BCUT2D eigenvalue weighted by atomic mass is 9.33. The predicted molar refractivity (Wildman–Crippen MR) is 419 cm³/mol. The number of ether oxygens (including phenoxy) is 18. The van der Waals surface area contributed by atoms with Gasteiger partial charge >= 0.3 is 11.9 Å². The molecule has 26 aliphatic rings. The van der Waals surface area contributed by atoms with Gasteiger partial charge < -0.3 is 188 Å². The number of hydrogen-bond acceptors (Lipinski definition) is 43. The Morgan fingerprint density at radius 1 is 0.453 bits per heavy atom. The number of fused-ring (bicyclic) bond motifs is 7. The second-order valence-corrected chi connectivity index (χ2v) is 38.7. The topological polar surface area (TPSA) is 662 Å². The van der Waals surface area contributed by atoms with Crippen LogP contribution >= 0.6 is 0 Å². The van der Waals surface area contributed by atoms with Crippen LogP contribution in [0.2, 0.25) is 0 Å². The predicted octanol–water partition coefficient (Wildman–Crippen LogP) is -7.80. The van der Waals surface area contributed by atoms with E-state index in [1.165, 1.54) is 16.5 Å². The number of nitrogens with zero attached hydrogens (tertiary/aromatic N) is 3. The largest absolute Gasteiger partial charge is 0.463 e. The fraction of sp³-hybridized carbons (Fsp3) is 0.904. The van der Waals surface area contributed by atoms with E-state index in [0.29, 0.717) is 19.3 Å². The van der Waals surface area contributed by atoms with Crippen LogP contribution in [0.1, 0.15) is 126 Å². The second kappa shape index (κ2) is 39.7. The van der Waals surface area contributed by atoms with Crippen molar-refractivity contribution >= 4 is 23.6 Å². The Morgan fingerprint density at radius 3 is 1.23 bits per heavy atom. The number of esters is 2. The van der Waals surface area contributed by atoms with Gasteiger partial charge in [-0.1, -0.05) is 59.3 Å². The average molecular weight is 1840 g/mol. The number of nitrogens with one attached hydrogen (secondary N) is 1. The summed E-state index contributed by atoms with van der Waals surface area (Å²) in [4.78, 5) is 54.2. The number of carbonyl (C=O) groups is 4. The number of allylic oxidation sites excluding steroid dienone is 2. The van der Waals surface area contributed by atoms with Crippen molar-refractivity contribution in [2.75, 3.05) is 66.0 Å². The van der Waals surface area contributed by atoms with Crippen LogP contribution < -0.4 is 5.32 Å². The van der Waals surface area contributed by atoms with Gasteiger partial charge in [-0.3, -0.25) is 19.2 Å². The summed E-state index contributed by atoms with van der Waals surface area (Å²) in [5.74, 6) is -1.76. The SMILES string of the molecule is CC(=O)OC[C@H]1O[C@@H]2O[C@H]3[C@H](O)[C@@H](O)[C@@H](O[C@H]4[C@H](O)[C@@H](O)[C@@H](O[C@H]5[C@H](O)[C@@H](O)[C@@H](O[C@H]6[C@H](O)[C@@H](O)[C@@H](O[C@H]7[C@H](O)[C@@H](O)[C@@H](O[C@H]8[C@H](O)[C@@H](O)[C@@H](O[C@H]1[C@H](O)[C@H]2O)O[C@@H]8CO)O[C@@H]7CO)O[C@@H]6CO)O[C@@H]5CO)O[C@@H]4Cn1cc(COCCOCCNC(=O)[C@@]2(C)CC[C@]4(C)CC[C@]5(C)C(=CC(=O)[C@@H]6[C@@]7(C)CC[C@H](O)C(C)(C)[C@@H]7CC[C@]65C)[C@@H]4C2)nn1)O[C@@H]3COC(C)=O. The van der Waals surface area contributed by atoms with Crippen LogP contribution in [-0.2, 0) is 118 Å². The fourth-order valence-corrected chi connectivity index (χ4v) is 22.7. The summed E-state index contributed by atoms with van der Waals surface area (Å²) in [5.41, 5.74) is -0.572. The van der Waals surface area contributed by atoms with Crippen molar-refractivity contribution in [1.82, 2.24) is 20.3 Å². The highest BCUT2D eigenvalue weighted by molar-refractivity contribution is 5.96. The summed E-state index contributed by atoms with van der Waals surface area (Å²) < 4.78 is 107. The van der Waals surface area contributed by atoms with Gasteiger partial charge in [0.05, 0.1) is 71.7 Å². The number of aliphatic hydroxyl groups is 19. The highest BCUT2D eigenvalue weighted by Crippen LogP contribution is 2.75. The molecule has 4 saturated carbocycles. The maximum atomic E-state index is 14.9. The first kappa shape index (κ1) is 99.5. The number of amides is 1. The molecule has 14 bridgehead atoms. The van der Waals surface area contributed by atoms with Crippen LogP contribution in [0.15, 0.2) is 17.8 Å². The first-order chi connectivity index (χ1) is 60.5. The molecule has 128 heavy (non-hydrogen) atoms. The molecule has 0 aromatic carbocycles. The zero-order chi connectivity index (χ0) is 92.7. The smallest absolute Gasteiger partial charge is 0.302 e. The number of aromatic nitrogens is 3. The van der Waals surface area contributed by atoms with E-state index in [-0.39, 0.29) is 95.2 Å². The molecule has 25 fully saturated rings. The quantitative estimate of drug-likeness (QED) is 0.0452. The third kappa shape index (κ3) is 18.9. The Kier molecular flexibility index (Phi) is 30.9. The van der Waals surface area contributed by atoms with E-state index in [2.05, 4.69) is 57.2 Å². The van der Waals surface area contributed by atoms with E-state index in [1.54, 1.807) is 0 Å². The van der Waals surface area contributed by atoms with Crippen molar-refractivity contribution in [3.63, 3.8) is 0 Å². The molecule has 21 saturated heterocycles. The van der Waals surface area contributed by atoms with Gasteiger partial charge in [-0.05, 0) is 103 Å². The first-order valence-electron chi connectivity index (χ1n) is 44.2. The minimum atomic E-state index is -2.33. The standard InChI is InChI=1S/C83H130N4O41/c1-33(92)113-31-44-67-54(102)61(109)76(121-44)128-68-45(32-114-34(2)93)120-75(60(108)53(68)101)122-62-39(25-87-24-35(85-86-87)30-112-21-20-111-19-18-84-77(110)80(6)15-14-79(5)16-17-82(8)36(37(79)23-80)22-38(94)69-81(7)12-11-47(95)78(3,4)46(81)10-13-83(69,82)9)115-70(55(103)48(62)96)123-63-40(26-88)116-71(56(104)49(63)97)124-64-41(27-89)117-72(57(105)50(64)98)125-65-42(28-90)118-73(58(106)51(65)99)126-66-43(29-91)119-74(127-67)59(107)52(66)100/h22,24,37,39-76,88-91,95-109H,10-21,23,25-32H2,1-9H3,(H,84,110)/t37-,39+,40+,41+,42+,43+,44+,45+,46-,47-,48+,49+,50+,51+,52+,53+,54+,55+,56+,57+,58+,59+,60+,61+,62+,63+,64+,65+,66+,67+,68+,69+,70+,71+,72+,73+,74+,75+,76+,79+,80-,81-,82+,83+/m0/s1. The number of hydrogen-bond donors (Lipinski definition) is 20. The molecule has 1 aromatic heterocycles. The molecule has 44 atom stereocenters. The Morgan fingerprint density at radius 2 is 0.828 bits per heavy atom. The lowest BCUT2D eigenvalue weighted by molar-refractivity contribution is -0.396. The molecule has 27 rings (SSSR count). The summed E-state index contributed by atoms with van der Waals surface area (Å²) >= 11 is 0. The van der Waals surface area contributed by atoms with Gasteiger partial charge in [-0.25, -0.2) is 4.68 Å². The van der Waals surface area contributed by atoms with E-state index in [4.69, 9.17) is 85.3 Å². The lowest BCUT2D eigenvalue weighted by Crippen LogP contribution is -2.68. The van der Waals surface area contributed by atoms with Crippen molar-refractivity contribution in [2.24, 2.45) is 50.2 Å². The van der Waals surface area contributed by atoms with E-state index < -0.39 is 285 Å². The van der Waals surface area contributed by atoms with E-state index >= 15 is 0 Å². The van der Waals surface area contributed by atoms with E-state index in [9.17, 15) is 116 Å². The highest BCUT2D eigenvalue weighted by Gasteiger charge is 2.71. The highest BCUT2D eigenvalue weighted by atomic mass is 16.8. The normalized spacial score (nSPS) is 49.3. The van der Waals surface area contributed by atoms with E-state index in [1.807, 2.05) is 13.0 Å². The number of carbonyl (C=O) groups excluding carboxylic acids is 4. The second-order valence-electron chi connectivity index (χ2n) is 38.7. The summed E-state index contributed by atoms with van der Waals surface area (Å²) in [6, 6.07) is 0. The number of ketones is 1. The molecule has 1 amide bonds. The Labute approximate surface area is 736 Å². The molecule has 0 unspecified atom stereocenters. The van der Waals surface area contributed by atoms with Crippen molar-refractivity contribution < 1.29 is 201 Å². The molecule has 20 N–H and O–H groups in total. The maximum Gasteiger partial charge on any atom is 0.302 e. The summed E-state index contributed by atoms with van der Waals surface area (Å²) in [6.45, 7) is 11.2. The minimum absolute atomic E-state index is 0.0189. The molecule has 45 heteroatoms. The first-order valence-corrected chi connectivity index (χ1v) is 44.2. The Hall–Kier alpha value is -4.44.